The Balaban J connectivity index is 0.000000108. The van der Waals surface area contributed by atoms with Crippen LogP contribution in [0.1, 0.15) is 99.9 Å². The molecule has 6 nitrogen and oxygen atoms in total. The van der Waals surface area contributed by atoms with Crippen LogP contribution in [-0.2, 0) is 21.7 Å². The van der Waals surface area contributed by atoms with E-state index in [-0.39, 0.29) is 21.7 Å². The summed E-state index contributed by atoms with van der Waals surface area (Å²) in [7, 11) is 0.719. The van der Waals surface area contributed by atoms with Gasteiger partial charge in [0.15, 0.2) is 0 Å². The van der Waals surface area contributed by atoms with E-state index in [2.05, 4.69) is 420 Å². The Hall–Kier alpha value is -13.0. The zero-order valence-electron chi connectivity index (χ0n) is 66.2. The predicted octanol–water partition coefficient (Wildman–Crippen LogP) is 29.1. The third-order valence-corrected chi connectivity index (χ3v) is 25.3. The molecule has 0 fully saturated rings. The standard InChI is InChI=1S/C39H30N2.C33H25NO.C21H17Br.C15H14BO2/c1-39(2)35-12-6-3-9-31(35)32-24-21-29(25-36(32)39)40-28-19-15-26(16-20-28)27-17-22-30(23-18-27)41-37-13-7-4-10-33(37)34-11-5-8-14-38(34)41;1-33(2)29-9-5-3-7-25(29)26-17-16-24(20-30(26)33)34-23-14-11-21(12-15-23)22-13-18-32-28(19-22)27-8-4-6-10-31(27)35-32;1-21(2)19-6-4-3-5-17(19)18-12-9-15(13-20(18)21)14-7-10-16(22)11-8-14;1-15(2)13-6-4-3-5-11(13)12-8-7-10(18-16-17)9-14(12)15/h3-25,40H,1-2H3;3-20,34H,1-2H3;3-13H,1-2H3;3-9,17H,1-2H3. The van der Waals surface area contributed by atoms with Gasteiger partial charge in [-0.3, -0.25) is 0 Å². The number of nitrogens with zero attached hydrogens (tertiary/aromatic N) is 1. The molecule has 2 aromatic heterocycles. The molecular formula is C108H86BBrN3O3. The number of para-hydroxylation sites is 3. The van der Waals surface area contributed by atoms with Gasteiger partial charge in [-0.25, -0.2) is 0 Å². The van der Waals surface area contributed by atoms with E-state index in [1.807, 2.05) is 24.3 Å². The van der Waals surface area contributed by atoms with E-state index in [1.165, 1.54) is 150 Å². The molecule has 4 aliphatic rings. The Morgan fingerprint density at radius 1 is 0.284 bits per heavy atom. The quantitative estimate of drug-likeness (QED) is 0.119. The maximum atomic E-state index is 8.72. The maximum absolute atomic E-state index is 8.72. The average Bonchev–Trinajstić information content (AvgIpc) is 1.57. The van der Waals surface area contributed by atoms with Crippen molar-refractivity contribution in [2.45, 2.75) is 77.0 Å². The Morgan fingerprint density at radius 2 is 0.612 bits per heavy atom. The first-order valence-electron chi connectivity index (χ1n) is 40.0. The fraction of sp³-hybridized carbons (Fsp3) is 0.111. The van der Waals surface area contributed by atoms with Crippen LogP contribution in [0.4, 0.5) is 22.7 Å². The number of rotatable bonds is 10. The summed E-state index contributed by atoms with van der Waals surface area (Å²) < 4.78 is 14.5. The summed E-state index contributed by atoms with van der Waals surface area (Å²) in [5, 5.41) is 20.9. The van der Waals surface area contributed by atoms with Gasteiger partial charge < -0.3 is 29.3 Å². The highest BCUT2D eigenvalue weighted by Gasteiger charge is 2.39. The van der Waals surface area contributed by atoms with E-state index >= 15 is 0 Å². The molecule has 4 aliphatic carbocycles. The van der Waals surface area contributed by atoms with Gasteiger partial charge in [-0.1, -0.05) is 308 Å². The van der Waals surface area contributed by atoms with Gasteiger partial charge in [0.1, 0.15) is 16.9 Å². The molecule has 0 saturated carbocycles. The van der Waals surface area contributed by atoms with Crippen molar-refractivity contribution in [3.63, 3.8) is 0 Å². The fourth-order valence-corrected chi connectivity index (χ4v) is 18.9. The van der Waals surface area contributed by atoms with E-state index in [0.717, 1.165) is 56.8 Å². The van der Waals surface area contributed by atoms with E-state index in [4.69, 9.17) is 14.1 Å². The summed E-state index contributed by atoms with van der Waals surface area (Å²) in [6.07, 6.45) is 0. The van der Waals surface area contributed by atoms with Crippen molar-refractivity contribution in [1.82, 2.24) is 4.57 Å². The third-order valence-electron chi connectivity index (χ3n) is 24.8. The van der Waals surface area contributed by atoms with E-state index in [1.54, 1.807) is 0 Å². The highest BCUT2D eigenvalue weighted by molar-refractivity contribution is 9.10. The minimum absolute atomic E-state index is 0.00113. The first kappa shape index (κ1) is 73.2. The third kappa shape index (κ3) is 12.9. The summed E-state index contributed by atoms with van der Waals surface area (Å²) in [4.78, 5) is 0. The van der Waals surface area contributed by atoms with Crippen molar-refractivity contribution < 1.29 is 14.1 Å². The zero-order chi connectivity index (χ0) is 79.2. The van der Waals surface area contributed by atoms with Crippen LogP contribution in [0.15, 0.2) is 367 Å². The molecule has 0 bridgehead atoms. The summed E-state index contributed by atoms with van der Waals surface area (Å²) >= 11 is 3.51. The lowest BCUT2D eigenvalue weighted by atomic mass is 9.81. The molecule has 2 heterocycles. The van der Waals surface area contributed by atoms with Crippen LogP contribution in [0.25, 0.3) is 127 Å². The van der Waals surface area contributed by atoms with Crippen LogP contribution in [0.2, 0.25) is 0 Å². The minimum Gasteiger partial charge on any atom is -0.537 e. The SMILES string of the molecule is CC1(C)c2ccccc2-c2ccc(-c3ccc(Br)cc3)cc21.CC1(C)c2ccccc2-c2ccc(Nc3ccc(-c4ccc(-n5c6ccccc6c6ccccc65)cc4)cc3)cc21.CC1(C)c2ccccc2-c2ccc(Nc3ccc(-c4ccc5oc6ccccc6c5c4)cc3)cc21.CC1(C)c2ccccc2-c2ccc(O[B]O)cc21. The molecule has 0 aliphatic heterocycles. The highest BCUT2D eigenvalue weighted by atomic mass is 79.9. The second-order valence-corrected chi connectivity index (χ2v) is 33.9. The number of aromatic nitrogens is 1. The number of hydrogen-bond donors (Lipinski definition) is 3. The zero-order valence-corrected chi connectivity index (χ0v) is 67.8. The summed E-state index contributed by atoms with van der Waals surface area (Å²) in [6, 6.07) is 128. The number of nitrogens with one attached hydrogen (secondary N) is 2. The molecule has 1 radical (unpaired) electrons. The summed E-state index contributed by atoms with van der Waals surface area (Å²) in [5.41, 5.74) is 38.9. The van der Waals surface area contributed by atoms with Crippen LogP contribution >= 0.6 is 15.9 Å². The molecule has 0 spiro atoms. The number of anilines is 4. The van der Waals surface area contributed by atoms with Gasteiger partial charge in [0.25, 0.3) is 0 Å². The maximum Gasteiger partial charge on any atom is 0.569 e. The largest absolute Gasteiger partial charge is 0.569 e. The van der Waals surface area contributed by atoms with Crippen LogP contribution in [-0.4, -0.2) is 17.3 Å². The molecule has 0 amide bonds. The Morgan fingerprint density at radius 3 is 1.09 bits per heavy atom. The summed E-state index contributed by atoms with van der Waals surface area (Å²) in [5.74, 6) is 0.664. The molecule has 22 rings (SSSR count). The molecule has 3 N–H and O–H groups in total. The smallest absolute Gasteiger partial charge is 0.537 e. The van der Waals surface area contributed by atoms with E-state index in [9.17, 15) is 0 Å². The van der Waals surface area contributed by atoms with Crippen LogP contribution in [0.5, 0.6) is 5.75 Å². The van der Waals surface area contributed by atoms with Gasteiger partial charge >= 0.3 is 7.69 Å². The van der Waals surface area contributed by atoms with Gasteiger partial charge in [0.05, 0.1) is 11.0 Å². The van der Waals surface area contributed by atoms with E-state index in [0.29, 0.717) is 5.75 Å². The monoisotopic (exact) mass is 1560 g/mol. The lowest BCUT2D eigenvalue weighted by Gasteiger charge is -2.22. The minimum atomic E-state index is -0.0270. The Bertz CT molecular complexity index is 6790. The number of furan rings is 1. The van der Waals surface area contributed by atoms with Gasteiger partial charge in [0.2, 0.25) is 0 Å². The van der Waals surface area contributed by atoms with Crippen LogP contribution in [0, 0.1) is 0 Å². The average molecular weight is 1560 g/mol. The normalized spacial score (nSPS) is 13.9. The molecule has 18 aromatic rings. The van der Waals surface area contributed by atoms with Crippen molar-refractivity contribution >= 4 is 90.1 Å². The summed E-state index contributed by atoms with van der Waals surface area (Å²) in [6.45, 7) is 18.3. The molecule has 16 aromatic carbocycles. The second kappa shape index (κ2) is 29.1. The second-order valence-electron chi connectivity index (χ2n) is 33.0. The fourth-order valence-electron chi connectivity index (χ4n) is 18.6. The molecule has 0 atom stereocenters. The van der Waals surface area contributed by atoms with Gasteiger partial charge in [-0.15, -0.1) is 0 Å². The number of halogens is 1. The highest BCUT2D eigenvalue weighted by Crippen LogP contribution is 2.54. The Labute approximate surface area is 687 Å². The van der Waals surface area contributed by atoms with Gasteiger partial charge in [0, 0.05) is 76.1 Å². The number of hydrogen-bond acceptors (Lipinski definition) is 5. The van der Waals surface area contributed by atoms with Crippen molar-refractivity contribution in [3.8, 4) is 89.3 Å². The van der Waals surface area contributed by atoms with Gasteiger partial charge in [-0.05, 0) is 244 Å². The lowest BCUT2D eigenvalue weighted by Crippen LogP contribution is -2.15. The predicted molar refractivity (Wildman–Crippen MR) is 490 cm³/mol. The lowest BCUT2D eigenvalue weighted by molar-refractivity contribution is 0.453. The molecule has 116 heavy (non-hydrogen) atoms. The molecule has 561 valence electrons. The van der Waals surface area contributed by atoms with Crippen LogP contribution < -0.4 is 15.3 Å². The number of fused-ring (bicyclic) bond motifs is 18. The molecule has 0 saturated heterocycles. The topological polar surface area (TPSA) is 71.6 Å². The van der Waals surface area contributed by atoms with E-state index < -0.39 is 0 Å². The van der Waals surface area contributed by atoms with Crippen LogP contribution in [0.3, 0.4) is 0 Å². The molecular weight excluding hydrogens is 1480 g/mol. The first-order chi connectivity index (χ1) is 56.4. The molecule has 0 unspecified atom stereocenters. The van der Waals surface area contributed by atoms with Gasteiger partial charge in [-0.2, -0.15) is 0 Å². The number of benzene rings is 16. The van der Waals surface area contributed by atoms with Crippen molar-refractivity contribution in [2.24, 2.45) is 0 Å². The molecule has 8 heteroatoms. The Kier molecular flexibility index (Phi) is 18.4. The van der Waals surface area contributed by atoms with Crippen molar-refractivity contribution in [2.75, 3.05) is 10.6 Å². The van der Waals surface area contributed by atoms with Crippen molar-refractivity contribution in [3.05, 3.63) is 407 Å². The first-order valence-corrected chi connectivity index (χ1v) is 40.8. The van der Waals surface area contributed by atoms with Crippen molar-refractivity contribution in [1.29, 1.82) is 0 Å².